The van der Waals surface area contributed by atoms with E-state index in [-0.39, 0.29) is 5.91 Å². The molecule has 112 valence electrons. The van der Waals surface area contributed by atoms with Crippen LogP contribution in [0.5, 0.6) is 0 Å². The van der Waals surface area contributed by atoms with Crippen LogP contribution in [-0.4, -0.2) is 48.7 Å². The van der Waals surface area contributed by atoms with Crippen LogP contribution in [0.2, 0.25) is 0 Å². The minimum absolute atomic E-state index is 0.0724. The van der Waals surface area contributed by atoms with Gasteiger partial charge in [-0.05, 0) is 44.5 Å². The Morgan fingerprint density at radius 1 is 1.20 bits per heavy atom. The first-order chi connectivity index (χ1) is 9.24. The summed E-state index contributed by atoms with van der Waals surface area (Å²) in [4.78, 5) is 15.9. The Balaban J connectivity index is 2.75. The summed E-state index contributed by atoms with van der Waals surface area (Å²) in [5.41, 5.74) is 0.866. The highest BCUT2D eigenvalue weighted by atomic mass is 16.3. The van der Waals surface area contributed by atoms with Gasteiger partial charge in [0.05, 0.1) is 5.60 Å². The molecule has 0 spiro atoms. The number of hydrogen-bond donors (Lipinski definition) is 1. The number of rotatable bonds is 6. The van der Waals surface area contributed by atoms with Crippen LogP contribution in [0.25, 0.3) is 0 Å². The molecule has 0 heterocycles. The van der Waals surface area contributed by atoms with Crippen molar-refractivity contribution in [3.05, 3.63) is 29.8 Å². The van der Waals surface area contributed by atoms with Gasteiger partial charge in [-0.15, -0.1) is 0 Å². The van der Waals surface area contributed by atoms with Crippen LogP contribution in [0.3, 0.4) is 0 Å². The summed E-state index contributed by atoms with van der Waals surface area (Å²) in [5.74, 6) is -0.0724. The van der Waals surface area contributed by atoms with E-state index in [1.807, 2.05) is 31.3 Å². The monoisotopic (exact) mass is 278 g/mol. The molecule has 20 heavy (non-hydrogen) atoms. The van der Waals surface area contributed by atoms with E-state index in [4.69, 9.17) is 0 Å². The smallest absolute Gasteiger partial charge is 0.253 e. The van der Waals surface area contributed by atoms with Gasteiger partial charge < -0.3 is 14.9 Å². The molecule has 1 amide bonds. The molecule has 0 radical (unpaired) electrons. The maximum absolute atomic E-state index is 12.2. The number of likely N-dealkylation sites (N-methyl/N-ethyl adjacent to an activating group) is 1. The Morgan fingerprint density at radius 2 is 1.75 bits per heavy atom. The molecule has 4 heteroatoms. The average molecular weight is 278 g/mol. The largest absolute Gasteiger partial charge is 0.389 e. The summed E-state index contributed by atoms with van der Waals surface area (Å²) in [6, 6.07) is 7.59. The molecule has 0 aliphatic rings. The topological polar surface area (TPSA) is 43.8 Å². The van der Waals surface area contributed by atoms with Crippen molar-refractivity contribution < 1.29 is 9.90 Å². The van der Waals surface area contributed by atoms with Crippen LogP contribution in [-0.2, 0) is 0 Å². The van der Waals surface area contributed by atoms with Crippen molar-refractivity contribution in [2.45, 2.75) is 32.8 Å². The molecule has 4 nitrogen and oxygen atoms in total. The summed E-state index contributed by atoms with van der Waals surface area (Å²) < 4.78 is 0. The minimum atomic E-state index is -0.883. The second-order valence-electron chi connectivity index (χ2n) is 5.94. The Bertz CT molecular complexity index is 435. The fourth-order valence-electron chi connectivity index (χ4n) is 2.20. The highest BCUT2D eigenvalue weighted by Gasteiger charge is 2.20. The molecule has 0 atom stereocenters. The second-order valence-corrected chi connectivity index (χ2v) is 5.94. The van der Waals surface area contributed by atoms with E-state index >= 15 is 0 Å². The number of aliphatic hydroxyl groups is 1. The first kappa shape index (κ1) is 16.5. The van der Waals surface area contributed by atoms with E-state index in [1.54, 1.807) is 25.8 Å². The molecule has 0 saturated heterocycles. The van der Waals surface area contributed by atoms with Gasteiger partial charge in [-0.2, -0.15) is 0 Å². The Kier molecular flexibility index (Phi) is 5.57. The number of benzene rings is 1. The molecule has 0 aliphatic heterocycles. The average Bonchev–Trinajstić information content (AvgIpc) is 2.36. The third-order valence-electron chi connectivity index (χ3n) is 3.08. The van der Waals surface area contributed by atoms with E-state index in [0.717, 1.165) is 18.7 Å². The molecule has 1 rings (SSSR count). The summed E-state index contributed by atoms with van der Waals surface area (Å²) in [7, 11) is 3.75. The lowest BCUT2D eigenvalue weighted by atomic mass is 10.1. The van der Waals surface area contributed by atoms with E-state index in [0.29, 0.717) is 12.1 Å². The van der Waals surface area contributed by atoms with Crippen molar-refractivity contribution in [3.63, 3.8) is 0 Å². The SMILES string of the molecule is CCCN(C)c1ccc(C(=O)N(C)CC(C)(C)O)cc1. The number of hydrogen-bond acceptors (Lipinski definition) is 3. The van der Waals surface area contributed by atoms with Crippen LogP contribution in [0.1, 0.15) is 37.6 Å². The Labute approximate surface area is 122 Å². The third kappa shape index (κ3) is 4.85. The zero-order valence-electron chi connectivity index (χ0n) is 13.2. The number of anilines is 1. The molecule has 0 unspecified atom stereocenters. The fourth-order valence-corrected chi connectivity index (χ4v) is 2.20. The fraction of sp³-hybridized carbons (Fsp3) is 0.562. The van der Waals surface area contributed by atoms with Gasteiger partial charge in [0.1, 0.15) is 0 Å². The lowest BCUT2D eigenvalue weighted by Crippen LogP contribution is -2.39. The van der Waals surface area contributed by atoms with E-state index in [1.165, 1.54) is 0 Å². The van der Waals surface area contributed by atoms with Crippen molar-refractivity contribution in [2.24, 2.45) is 0 Å². The Hall–Kier alpha value is -1.55. The van der Waals surface area contributed by atoms with Gasteiger partial charge >= 0.3 is 0 Å². The molecule has 0 aromatic heterocycles. The van der Waals surface area contributed by atoms with Gasteiger partial charge in [0.2, 0.25) is 0 Å². The third-order valence-corrected chi connectivity index (χ3v) is 3.08. The normalized spacial score (nSPS) is 11.3. The second kappa shape index (κ2) is 6.75. The van der Waals surface area contributed by atoms with Crippen LogP contribution in [0.15, 0.2) is 24.3 Å². The lowest BCUT2D eigenvalue weighted by Gasteiger charge is -2.26. The number of amides is 1. The summed E-state index contributed by atoms with van der Waals surface area (Å²) in [6.07, 6.45) is 1.09. The minimum Gasteiger partial charge on any atom is -0.389 e. The van der Waals surface area contributed by atoms with Crippen molar-refractivity contribution in [1.29, 1.82) is 0 Å². The Morgan fingerprint density at radius 3 is 2.20 bits per heavy atom. The molecule has 0 aliphatic carbocycles. The van der Waals surface area contributed by atoms with Crippen LogP contribution >= 0.6 is 0 Å². The van der Waals surface area contributed by atoms with E-state index in [2.05, 4.69) is 11.8 Å². The van der Waals surface area contributed by atoms with Crippen LogP contribution in [0.4, 0.5) is 5.69 Å². The zero-order chi connectivity index (χ0) is 15.3. The quantitative estimate of drug-likeness (QED) is 0.869. The maximum Gasteiger partial charge on any atom is 0.253 e. The van der Waals surface area contributed by atoms with Crippen molar-refractivity contribution in [1.82, 2.24) is 4.90 Å². The first-order valence-electron chi connectivity index (χ1n) is 7.03. The molecule has 1 N–H and O–H groups in total. The summed E-state index contributed by atoms with van der Waals surface area (Å²) >= 11 is 0. The van der Waals surface area contributed by atoms with E-state index < -0.39 is 5.60 Å². The van der Waals surface area contributed by atoms with Crippen molar-refractivity contribution in [2.75, 3.05) is 32.1 Å². The predicted octanol–water partition coefficient (Wildman–Crippen LogP) is 2.38. The van der Waals surface area contributed by atoms with Gasteiger partial charge in [-0.1, -0.05) is 6.92 Å². The number of carbonyl (C=O) groups is 1. The molecule has 0 bridgehead atoms. The molecule has 0 saturated carbocycles. The first-order valence-corrected chi connectivity index (χ1v) is 7.03. The molecule has 0 fully saturated rings. The van der Waals surface area contributed by atoms with Gasteiger partial charge in [0.15, 0.2) is 0 Å². The van der Waals surface area contributed by atoms with Crippen molar-refractivity contribution >= 4 is 11.6 Å². The number of nitrogens with zero attached hydrogens (tertiary/aromatic N) is 2. The van der Waals surface area contributed by atoms with Gasteiger partial charge in [0.25, 0.3) is 5.91 Å². The highest BCUT2D eigenvalue weighted by Crippen LogP contribution is 2.15. The van der Waals surface area contributed by atoms with Gasteiger partial charge in [-0.3, -0.25) is 4.79 Å². The number of carbonyl (C=O) groups excluding carboxylic acids is 1. The summed E-state index contributed by atoms with van der Waals surface area (Å²) in [5, 5.41) is 9.76. The van der Waals surface area contributed by atoms with Crippen LogP contribution in [0, 0.1) is 0 Å². The molecule has 1 aromatic rings. The van der Waals surface area contributed by atoms with E-state index in [9.17, 15) is 9.90 Å². The maximum atomic E-state index is 12.2. The molecule has 1 aromatic carbocycles. The predicted molar refractivity (Wildman–Crippen MR) is 83.3 cm³/mol. The summed E-state index contributed by atoms with van der Waals surface area (Å²) in [6.45, 7) is 6.83. The lowest BCUT2D eigenvalue weighted by molar-refractivity contribution is 0.0368. The van der Waals surface area contributed by atoms with Crippen molar-refractivity contribution in [3.8, 4) is 0 Å². The standard InChI is InChI=1S/C16H26N2O2/c1-6-11-17(4)14-9-7-13(8-10-14)15(19)18(5)12-16(2,3)20/h7-10,20H,6,11-12H2,1-5H3. The molecular formula is C16H26N2O2. The van der Waals surface area contributed by atoms with Crippen LogP contribution < -0.4 is 4.90 Å². The molecular weight excluding hydrogens is 252 g/mol. The van der Waals surface area contributed by atoms with Gasteiger partial charge in [-0.25, -0.2) is 0 Å². The highest BCUT2D eigenvalue weighted by molar-refractivity contribution is 5.94. The van der Waals surface area contributed by atoms with Gasteiger partial charge in [0, 0.05) is 38.4 Å². The zero-order valence-corrected chi connectivity index (χ0v) is 13.2.